The third kappa shape index (κ3) is 3.70. The largest absolute Gasteiger partial charge is 0.506 e. The fraction of sp³-hybridized carbons (Fsp3) is 0.0769. The maximum atomic E-state index is 12.2. The summed E-state index contributed by atoms with van der Waals surface area (Å²) in [4.78, 5) is -0.0822. The van der Waals surface area contributed by atoms with Gasteiger partial charge in [-0.05, 0) is 36.4 Å². The van der Waals surface area contributed by atoms with E-state index in [0.29, 0.717) is 0 Å². The van der Waals surface area contributed by atoms with Crippen molar-refractivity contribution in [1.82, 2.24) is 0 Å². The van der Waals surface area contributed by atoms with Gasteiger partial charge >= 0.3 is 0 Å². The van der Waals surface area contributed by atoms with Crippen molar-refractivity contribution in [3.63, 3.8) is 0 Å². The molecule has 0 saturated heterocycles. The first-order chi connectivity index (χ1) is 10.1. The summed E-state index contributed by atoms with van der Waals surface area (Å²) in [6.07, 6.45) is 1.06. The summed E-state index contributed by atoms with van der Waals surface area (Å²) in [5.41, 5.74) is 0.196. The number of sulfone groups is 1. The van der Waals surface area contributed by atoms with E-state index in [1.165, 1.54) is 36.4 Å². The second-order valence-electron chi connectivity index (χ2n) is 4.52. The number of rotatable bonds is 4. The molecule has 0 bridgehead atoms. The Balaban J connectivity index is 2.30. The van der Waals surface area contributed by atoms with Gasteiger partial charge in [0, 0.05) is 18.0 Å². The summed E-state index contributed by atoms with van der Waals surface area (Å²) in [6, 6.07) is 8.80. The Morgan fingerprint density at radius 3 is 2.00 bits per heavy atom. The summed E-state index contributed by atoms with van der Waals surface area (Å²) >= 11 is 5.63. The number of hydrogen-bond acceptors (Lipinski definition) is 5. The quantitative estimate of drug-likeness (QED) is 0.869. The van der Waals surface area contributed by atoms with Crippen LogP contribution in [0, 0.1) is 0 Å². The molecule has 2 rings (SSSR count). The fourth-order valence-corrected chi connectivity index (χ4v) is 3.47. The molecule has 0 spiro atoms. The molecule has 0 radical (unpaired) electrons. The molecule has 9 heteroatoms. The van der Waals surface area contributed by atoms with Crippen LogP contribution < -0.4 is 4.72 Å². The molecule has 0 amide bonds. The van der Waals surface area contributed by atoms with Crippen LogP contribution in [-0.4, -0.2) is 28.2 Å². The molecule has 2 N–H and O–H groups in total. The van der Waals surface area contributed by atoms with Gasteiger partial charge in [-0.25, -0.2) is 16.8 Å². The summed E-state index contributed by atoms with van der Waals surface area (Å²) in [5, 5.41) is 9.50. The highest BCUT2D eigenvalue weighted by atomic mass is 35.5. The third-order valence-electron chi connectivity index (χ3n) is 2.76. The van der Waals surface area contributed by atoms with E-state index in [1.807, 2.05) is 0 Å². The van der Waals surface area contributed by atoms with Crippen LogP contribution in [0.15, 0.2) is 52.3 Å². The van der Waals surface area contributed by atoms with E-state index in [9.17, 15) is 21.9 Å². The molecule has 0 atom stereocenters. The van der Waals surface area contributed by atoms with Crippen LogP contribution in [-0.2, 0) is 19.9 Å². The zero-order chi connectivity index (χ0) is 16.5. The molecule has 0 aliphatic carbocycles. The highest BCUT2D eigenvalue weighted by molar-refractivity contribution is 7.92. The lowest BCUT2D eigenvalue weighted by atomic mass is 10.3. The van der Waals surface area contributed by atoms with Crippen LogP contribution in [0.25, 0.3) is 0 Å². The summed E-state index contributed by atoms with van der Waals surface area (Å²) < 4.78 is 49.3. The molecular formula is C13H12ClNO5S2. The number of benzene rings is 2. The van der Waals surface area contributed by atoms with Crippen molar-refractivity contribution in [3.05, 3.63) is 47.5 Å². The molecule has 0 saturated carbocycles. The second kappa shape index (κ2) is 5.79. The number of halogens is 1. The number of hydrogen-bond donors (Lipinski definition) is 2. The molecule has 6 nitrogen and oxygen atoms in total. The molecular weight excluding hydrogens is 350 g/mol. The van der Waals surface area contributed by atoms with E-state index in [4.69, 9.17) is 11.6 Å². The first-order valence-electron chi connectivity index (χ1n) is 5.91. The molecule has 0 unspecified atom stereocenters. The summed E-state index contributed by atoms with van der Waals surface area (Å²) in [7, 11) is -7.27. The van der Waals surface area contributed by atoms with Crippen LogP contribution in [0.1, 0.15) is 0 Å². The first kappa shape index (κ1) is 16.6. The van der Waals surface area contributed by atoms with Crippen molar-refractivity contribution >= 4 is 37.1 Å². The minimum atomic E-state index is -3.92. The maximum Gasteiger partial charge on any atom is 0.262 e. The molecule has 0 aliphatic heterocycles. The maximum absolute atomic E-state index is 12.2. The number of aromatic hydroxyl groups is 1. The molecule has 2 aromatic carbocycles. The Morgan fingerprint density at radius 1 is 0.955 bits per heavy atom. The number of sulfonamides is 1. The average molecular weight is 362 g/mol. The Morgan fingerprint density at radius 2 is 1.50 bits per heavy atom. The van der Waals surface area contributed by atoms with Crippen LogP contribution in [0.3, 0.4) is 0 Å². The molecule has 0 fully saturated rings. The van der Waals surface area contributed by atoms with E-state index in [1.54, 1.807) is 0 Å². The van der Waals surface area contributed by atoms with Gasteiger partial charge in [0.1, 0.15) is 5.75 Å². The molecule has 2 aromatic rings. The number of anilines is 1. The van der Waals surface area contributed by atoms with Crippen molar-refractivity contribution < 1.29 is 21.9 Å². The van der Waals surface area contributed by atoms with E-state index in [0.717, 1.165) is 12.3 Å². The average Bonchev–Trinajstić information content (AvgIpc) is 2.41. The Bertz CT molecular complexity index is 906. The van der Waals surface area contributed by atoms with Crippen LogP contribution in [0.2, 0.25) is 5.02 Å². The van der Waals surface area contributed by atoms with Gasteiger partial charge < -0.3 is 5.11 Å². The van der Waals surface area contributed by atoms with Crippen LogP contribution in [0.5, 0.6) is 5.75 Å². The molecule has 0 aromatic heterocycles. The van der Waals surface area contributed by atoms with E-state index >= 15 is 0 Å². The van der Waals surface area contributed by atoms with Gasteiger partial charge in [0.05, 0.1) is 14.8 Å². The highest BCUT2D eigenvalue weighted by Gasteiger charge is 2.16. The fourth-order valence-electron chi connectivity index (χ4n) is 1.64. The van der Waals surface area contributed by atoms with Crippen molar-refractivity contribution in [1.29, 1.82) is 0 Å². The zero-order valence-electron chi connectivity index (χ0n) is 11.3. The van der Waals surface area contributed by atoms with Gasteiger partial charge in [-0.1, -0.05) is 11.6 Å². The van der Waals surface area contributed by atoms with Gasteiger partial charge in [0.2, 0.25) is 0 Å². The van der Waals surface area contributed by atoms with Gasteiger partial charge in [0.15, 0.2) is 9.84 Å². The van der Waals surface area contributed by atoms with Gasteiger partial charge in [-0.3, -0.25) is 4.72 Å². The van der Waals surface area contributed by atoms with Crippen molar-refractivity contribution in [2.75, 3.05) is 11.0 Å². The topological polar surface area (TPSA) is 101 Å². The Labute approximate surface area is 133 Å². The normalized spacial score (nSPS) is 12.1. The monoisotopic (exact) mass is 361 g/mol. The molecule has 118 valence electrons. The van der Waals surface area contributed by atoms with Crippen LogP contribution in [0.4, 0.5) is 5.69 Å². The van der Waals surface area contributed by atoms with E-state index in [-0.39, 0.29) is 26.3 Å². The number of phenolic OH excluding ortho intramolecular Hbond substituents is 1. The number of phenols is 1. The van der Waals surface area contributed by atoms with Gasteiger partial charge in [-0.2, -0.15) is 0 Å². The molecule has 0 heterocycles. The predicted molar refractivity (Wildman–Crippen MR) is 83.5 cm³/mol. The minimum absolute atomic E-state index is 0.0384. The van der Waals surface area contributed by atoms with Crippen molar-refractivity contribution in [2.24, 2.45) is 0 Å². The summed E-state index contributed by atoms with van der Waals surface area (Å²) in [5.74, 6) is -0.350. The second-order valence-corrected chi connectivity index (χ2v) is 8.62. The number of nitrogens with one attached hydrogen (secondary N) is 1. The predicted octanol–water partition coefficient (Wildman–Crippen LogP) is 2.25. The smallest absolute Gasteiger partial charge is 0.262 e. The summed E-state index contributed by atoms with van der Waals surface area (Å²) in [6.45, 7) is 0. The van der Waals surface area contributed by atoms with Gasteiger partial charge in [-0.15, -0.1) is 0 Å². The highest BCUT2D eigenvalue weighted by Crippen LogP contribution is 2.27. The SMILES string of the molecule is CS(=O)(=O)c1ccc(NS(=O)(=O)c2ccc(Cl)c(O)c2)cc1. The van der Waals surface area contributed by atoms with Crippen LogP contribution >= 0.6 is 11.6 Å². The third-order valence-corrected chi connectivity index (χ3v) is 5.59. The Hall–Kier alpha value is -1.77. The standard InChI is InChI=1S/C13H12ClNO5S2/c1-21(17,18)10-4-2-9(3-5-10)15-22(19,20)11-6-7-12(14)13(16)8-11/h2-8,15-16H,1H3. The first-order valence-corrected chi connectivity index (χ1v) is 9.66. The lowest BCUT2D eigenvalue weighted by Crippen LogP contribution is -2.13. The van der Waals surface area contributed by atoms with Crippen molar-refractivity contribution in [3.8, 4) is 5.75 Å². The van der Waals surface area contributed by atoms with E-state index in [2.05, 4.69) is 4.72 Å². The van der Waals surface area contributed by atoms with Crippen molar-refractivity contribution in [2.45, 2.75) is 9.79 Å². The lowest BCUT2D eigenvalue weighted by Gasteiger charge is -2.09. The lowest BCUT2D eigenvalue weighted by molar-refractivity contribution is 0.473. The Kier molecular flexibility index (Phi) is 4.37. The molecule has 22 heavy (non-hydrogen) atoms. The van der Waals surface area contributed by atoms with Gasteiger partial charge in [0.25, 0.3) is 10.0 Å². The zero-order valence-corrected chi connectivity index (χ0v) is 13.7. The molecule has 0 aliphatic rings. The minimum Gasteiger partial charge on any atom is -0.506 e. The van der Waals surface area contributed by atoms with E-state index < -0.39 is 19.9 Å².